The molecule has 0 aliphatic heterocycles. The van der Waals surface area contributed by atoms with Gasteiger partial charge in [-0.15, -0.1) is 0 Å². The van der Waals surface area contributed by atoms with Crippen LogP contribution in [0.2, 0.25) is 0 Å². The van der Waals surface area contributed by atoms with Crippen molar-refractivity contribution in [1.29, 1.82) is 5.41 Å². The van der Waals surface area contributed by atoms with E-state index in [0.29, 0.717) is 18.7 Å². The van der Waals surface area contributed by atoms with Gasteiger partial charge >= 0.3 is 0 Å². The molecular weight excluding hydrogens is 356 g/mol. The molecule has 0 saturated carbocycles. The highest BCUT2D eigenvalue weighted by Crippen LogP contribution is 2.23. The molecule has 3 nitrogen and oxygen atoms in total. The number of rotatable bonds is 10. The van der Waals surface area contributed by atoms with Crippen LogP contribution in [0.1, 0.15) is 66.4 Å². The predicted molar refractivity (Wildman–Crippen MR) is 125 cm³/mol. The van der Waals surface area contributed by atoms with Crippen LogP contribution in [0.4, 0.5) is 0 Å². The fraction of sp³-hybridized carbons (Fsp3) is 0.385. The largest absolute Gasteiger partial charge is 0.308 e. The molecule has 0 aromatic heterocycles. The number of nitrogens with one attached hydrogen (secondary N) is 1. The van der Waals surface area contributed by atoms with Gasteiger partial charge < -0.3 is 10.3 Å². The van der Waals surface area contributed by atoms with E-state index in [1.54, 1.807) is 6.92 Å². The number of carbonyl (C=O) groups excluding carboxylic acids is 1. The molecule has 0 saturated heterocycles. The molecule has 29 heavy (non-hydrogen) atoms. The number of carbonyl (C=O) groups is 1. The molecule has 0 radical (unpaired) electrons. The smallest absolute Gasteiger partial charge is 0.227 e. The molecule has 0 aliphatic carbocycles. The van der Waals surface area contributed by atoms with E-state index in [1.807, 2.05) is 56.9 Å². The lowest BCUT2D eigenvalue weighted by atomic mass is 9.98. The molecule has 0 unspecified atom stereocenters. The van der Waals surface area contributed by atoms with E-state index in [-0.39, 0.29) is 5.91 Å². The second-order valence-corrected chi connectivity index (χ2v) is 7.34. The van der Waals surface area contributed by atoms with Crippen LogP contribution < -0.4 is 0 Å². The van der Waals surface area contributed by atoms with Crippen molar-refractivity contribution >= 4 is 11.6 Å². The standard InChI is InChI=1S/C26H36N2O/c1-7-10-17-23(24(9-3)21(6)27)18-25(20(4)5)28(26(29)14-8-2)19-22-15-12-11-13-16-22/h9-13,15-18,27H,7-8,14,19H2,1-6H3/b17-10+,23-18+,24-9-,27-21?. The van der Waals surface area contributed by atoms with Crippen LogP contribution in [-0.4, -0.2) is 16.5 Å². The molecule has 1 rings (SSSR count). The minimum Gasteiger partial charge on any atom is -0.308 e. The SMILES string of the molecule is C\C=C(C(C)=N)/C(/C=C/CC)=C/C(=C(C)C)N(Cc1ccccc1)C(=O)CCC. The Hall–Kier alpha value is -2.68. The van der Waals surface area contributed by atoms with Gasteiger partial charge in [0.15, 0.2) is 0 Å². The van der Waals surface area contributed by atoms with Gasteiger partial charge in [-0.1, -0.05) is 68.0 Å². The van der Waals surface area contributed by atoms with Gasteiger partial charge in [-0.05, 0) is 63.3 Å². The number of benzene rings is 1. The van der Waals surface area contributed by atoms with Gasteiger partial charge in [0.2, 0.25) is 5.91 Å². The summed E-state index contributed by atoms with van der Waals surface area (Å²) in [7, 11) is 0. The van der Waals surface area contributed by atoms with Gasteiger partial charge in [-0.2, -0.15) is 0 Å². The summed E-state index contributed by atoms with van der Waals surface area (Å²) in [5.41, 5.74) is 5.44. The van der Waals surface area contributed by atoms with E-state index in [2.05, 4.69) is 37.3 Å². The summed E-state index contributed by atoms with van der Waals surface area (Å²) in [6.45, 7) is 12.5. The summed E-state index contributed by atoms with van der Waals surface area (Å²) >= 11 is 0. The average molecular weight is 393 g/mol. The van der Waals surface area contributed by atoms with Crippen molar-refractivity contribution in [3.8, 4) is 0 Å². The van der Waals surface area contributed by atoms with Crippen molar-refractivity contribution in [3.63, 3.8) is 0 Å². The zero-order valence-corrected chi connectivity index (χ0v) is 18.9. The van der Waals surface area contributed by atoms with E-state index in [4.69, 9.17) is 5.41 Å². The third-order valence-electron chi connectivity index (χ3n) is 4.58. The van der Waals surface area contributed by atoms with E-state index in [1.165, 1.54) is 0 Å². The number of hydrogen-bond donors (Lipinski definition) is 1. The van der Waals surface area contributed by atoms with Crippen molar-refractivity contribution in [2.75, 3.05) is 0 Å². The zero-order valence-electron chi connectivity index (χ0n) is 18.9. The Morgan fingerprint density at radius 1 is 1.10 bits per heavy atom. The third-order valence-corrected chi connectivity index (χ3v) is 4.58. The van der Waals surface area contributed by atoms with Crippen LogP contribution >= 0.6 is 0 Å². The molecule has 0 aliphatic rings. The van der Waals surface area contributed by atoms with Crippen LogP contribution in [0.3, 0.4) is 0 Å². The quantitative estimate of drug-likeness (QED) is 0.338. The van der Waals surface area contributed by atoms with Crippen LogP contribution in [0.15, 0.2) is 77.1 Å². The Bertz CT molecular complexity index is 806. The summed E-state index contributed by atoms with van der Waals surface area (Å²) in [4.78, 5) is 14.9. The first-order valence-electron chi connectivity index (χ1n) is 10.5. The van der Waals surface area contributed by atoms with Gasteiger partial charge in [0.05, 0.1) is 6.54 Å². The minimum absolute atomic E-state index is 0.122. The number of nitrogens with zero attached hydrogens (tertiary/aromatic N) is 1. The maximum Gasteiger partial charge on any atom is 0.227 e. The van der Waals surface area contributed by atoms with Crippen molar-refractivity contribution in [1.82, 2.24) is 4.90 Å². The van der Waals surface area contributed by atoms with Crippen molar-refractivity contribution in [2.45, 2.75) is 67.3 Å². The molecule has 0 fully saturated rings. The Balaban J connectivity index is 3.54. The molecule has 1 aromatic rings. The van der Waals surface area contributed by atoms with Crippen molar-refractivity contribution in [3.05, 3.63) is 82.6 Å². The van der Waals surface area contributed by atoms with E-state index < -0.39 is 0 Å². The summed E-state index contributed by atoms with van der Waals surface area (Å²) in [5, 5.41) is 8.17. The van der Waals surface area contributed by atoms with Crippen LogP contribution in [0, 0.1) is 5.41 Å². The second-order valence-electron chi connectivity index (χ2n) is 7.34. The van der Waals surface area contributed by atoms with Crippen molar-refractivity contribution in [2.24, 2.45) is 0 Å². The fourth-order valence-corrected chi connectivity index (χ4v) is 3.12. The molecule has 3 heteroatoms. The Labute approximate surface area is 177 Å². The van der Waals surface area contributed by atoms with Crippen LogP contribution in [0.25, 0.3) is 0 Å². The Kier molecular flexibility index (Phi) is 10.7. The number of allylic oxidation sites excluding steroid dienone is 7. The Morgan fingerprint density at radius 3 is 2.24 bits per heavy atom. The van der Waals surface area contributed by atoms with E-state index in [0.717, 1.165) is 40.8 Å². The van der Waals surface area contributed by atoms with Crippen LogP contribution in [0.5, 0.6) is 0 Å². The summed E-state index contributed by atoms with van der Waals surface area (Å²) in [6.07, 6.45) is 10.4. The number of amides is 1. The lowest BCUT2D eigenvalue weighted by Gasteiger charge is -2.26. The summed E-state index contributed by atoms with van der Waals surface area (Å²) in [5.74, 6) is 0.122. The fourth-order valence-electron chi connectivity index (χ4n) is 3.12. The number of hydrogen-bond acceptors (Lipinski definition) is 2. The molecule has 1 aromatic carbocycles. The first kappa shape index (κ1) is 24.4. The molecule has 1 N–H and O–H groups in total. The topological polar surface area (TPSA) is 44.2 Å². The monoisotopic (exact) mass is 392 g/mol. The van der Waals surface area contributed by atoms with E-state index in [9.17, 15) is 4.79 Å². The summed E-state index contributed by atoms with van der Waals surface area (Å²) < 4.78 is 0. The summed E-state index contributed by atoms with van der Waals surface area (Å²) in [6, 6.07) is 10.1. The highest BCUT2D eigenvalue weighted by molar-refractivity contribution is 6.00. The van der Waals surface area contributed by atoms with Gasteiger partial charge in [-0.3, -0.25) is 4.79 Å². The molecule has 0 spiro atoms. The molecule has 156 valence electrons. The molecule has 0 heterocycles. The van der Waals surface area contributed by atoms with E-state index >= 15 is 0 Å². The van der Waals surface area contributed by atoms with Crippen molar-refractivity contribution < 1.29 is 4.79 Å². The normalized spacial score (nSPS) is 12.2. The first-order chi connectivity index (χ1) is 13.8. The highest BCUT2D eigenvalue weighted by atomic mass is 16.2. The van der Waals surface area contributed by atoms with Gasteiger partial charge in [0.1, 0.15) is 0 Å². The predicted octanol–water partition coefficient (Wildman–Crippen LogP) is 6.99. The second kappa shape index (κ2) is 12.7. The maximum atomic E-state index is 13.0. The maximum absolute atomic E-state index is 13.0. The molecule has 0 atom stereocenters. The molecule has 0 bridgehead atoms. The van der Waals surface area contributed by atoms with Gasteiger partial charge in [0.25, 0.3) is 0 Å². The third kappa shape index (κ3) is 7.69. The van der Waals surface area contributed by atoms with Gasteiger partial charge in [0, 0.05) is 17.8 Å². The lowest BCUT2D eigenvalue weighted by molar-refractivity contribution is -0.129. The highest BCUT2D eigenvalue weighted by Gasteiger charge is 2.19. The molecular formula is C26H36N2O. The first-order valence-corrected chi connectivity index (χ1v) is 10.5. The van der Waals surface area contributed by atoms with Crippen LogP contribution in [-0.2, 0) is 11.3 Å². The molecule has 1 amide bonds. The minimum atomic E-state index is 0.122. The lowest BCUT2D eigenvalue weighted by Crippen LogP contribution is -2.30. The average Bonchev–Trinajstić information content (AvgIpc) is 2.69. The Morgan fingerprint density at radius 2 is 1.76 bits per heavy atom. The zero-order chi connectivity index (χ0) is 21.8. The van der Waals surface area contributed by atoms with Gasteiger partial charge in [-0.25, -0.2) is 0 Å².